The van der Waals surface area contributed by atoms with Crippen LogP contribution in [0.25, 0.3) is 0 Å². The van der Waals surface area contributed by atoms with Gasteiger partial charge in [-0.3, -0.25) is 4.79 Å². The molecule has 22 heavy (non-hydrogen) atoms. The Morgan fingerprint density at radius 2 is 2.05 bits per heavy atom. The maximum atomic E-state index is 13.1. The third kappa shape index (κ3) is 4.53. The highest BCUT2D eigenvalue weighted by Gasteiger charge is 2.11. The topological polar surface area (TPSA) is 41.1 Å². The molecule has 0 aromatic heterocycles. The quantitative estimate of drug-likeness (QED) is 0.794. The van der Waals surface area contributed by atoms with E-state index >= 15 is 0 Å². The zero-order valence-electron chi connectivity index (χ0n) is 11.9. The minimum Gasteiger partial charge on any atom is -0.325 e. The average molecular weight is 386 g/mol. The van der Waals surface area contributed by atoms with Crippen molar-refractivity contribution in [2.24, 2.45) is 0 Å². The van der Waals surface area contributed by atoms with E-state index < -0.39 is 5.82 Å². The number of nitrogens with one attached hydrogen (secondary N) is 2. The highest BCUT2D eigenvalue weighted by molar-refractivity contribution is 9.10. The zero-order valence-corrected chi connectivity index (χ0v) is 14.2. The Morgan fingerprint density at radius 1 is 1.32 bits per heavy atom. The molecule has 0 radical (unpaired) electrons. The van der Waals surface area contributed by atoms with Crippen molar-refractivity contribution in [1.29, 1.82) is 0 Å². The summed E-state index contributed by atoms with van der Waals surface area (Å²) in [5, 5.41) is 5.78. The summed E-state index contributed by atoms with van der Waals surface area (Å²) in [6.45, 7) is 2.11. The summed E-state index contributed by atoms with van der Waals surface area (Å²) in [6.07, 6.45) is 0. The minimum absolute atomic E-state index is 0.0122. The summed E-state index contributed by atoms with van der Waals surface area (Å²) in [6, 6.07) is 11.9. The Hall–Kier alpha value is -1.43. The SMILES string of the molecule is CC(NCC(=O)Nc1ccc(F)c(Cl)c1)c1ccccc1Br. The molecule has 0 bridgehead atoms. The average Bonchev–Trinajstić information content (AvgIpc) is 2.49. The molecule has 1 amide bonds. The van der Waals surface area contributed by atoms with Crippen LogP contribution < -0.4 is 10.6 Å². The van der Waals surface area contributed by atoms with Gasteiger partial charge in [0.2, 0.25) is 5.91 Å². The Morgan fingerprint density at radius 3 is 2.73 bits per heavy atom. The molecule has 6 heteroatoms. The van der Waals surface area contributed by atoms with Gasteiger partial charge in [0.1, 0.15) is 5.82 Å². The van der Waals surface area contributed by atoms with Crippen LogP contribution in [0, 0.1) is 5.82 Å². The van der Waals surface area contributed by atoms with Crippen LogP contribution >= 0.6 is 27.5 Å². The molecule has 0 saturated carbocycles. The number of hydrogen-bond donors (Lipinski definition) is 2. The molecule has 0 fully saturated rings. The maximum absolute atomic E-state index is 13.1. The first kappa shape index (κ1) is 16.9. The third-order valence-corrected chi connectivity index (χ3v) is 4.16. The van der Waals surface area contributed by atoms with Crippen LogP contribution in [0.5, 0.6) is 0 Å². The molecular weight excluding hydrogens is 371 g/mol. The molecule has 2 aromatic carbocycles. The van der Waals surface area contributed by atoms with Gasteiger partial charge in [0.15, 0.2) is 0 Å². The van der Waals surface area contributed by atoms with Gasteiger partial charge in [-0.1, -0.05) is 45.7 Å². The second-order valence-corrected chi connectivity index (χ2v) is 6.06. The van der Waals surface area contributed by atoms with Crippen molar-refractivity contribution in [1.82, 2.24) is 5.32 Å². The van der Waals surface area contributed by atoms with E-state index in [-0.39, 0.29) is 23.5 Å². The first-order chi connectivity index (χ1) is 10.5. The van der Waals surface area contributed by atoms with E-state index in [1.165, 1.54) is 18.2 Å². The molecule has 3 nitrogen and oxygen atoms in total. The van der Waals surface area contributed by atoms with E-state index in [4.69, 9.17) is 11.6 Å². The Labute approximate surface area is 142 Å². The zero-order chi connectivity index (χ0) is 16.1. The van der Waals surface area contributed by atoms with Crippen molar-refractivity contribution in [3.63, 3.8) is 0 Å². The third-order valence-electron chi connectivity index (χ3n) is 3.14. The van der Waals surface area contributed by atoms with Crippen molar-refractivity contribution >= 4 is 39.1 Å². The lowest BCUT2D eigenvalue weighted by Gasteiger charge is -2.15. The molecule has 0 spiro atoms. The molecule has 1 unspecified atom stereocenters. The molecule has 2 N–H and O–H groups in total. The lowest BCUT2D eigenvalue weighted by atomic mass is 10.1. The van der Waals surface area contributed by atoms with Crippen molar-refractivity contribution in [3.05, 3.63) is 63.3 Å². The standard InChI is InChI=1S/C16H15BrClFN2O/c1-10(12-4-2-3-5-13(12)17)20-9-16(22)21-11-6-7-15(19)14(18)8-11/h2-8,10,20H,9H2,1H3,(H,21,22). The summed E-state index contributed by atoms with van der Waals surface area (Å²) in [4.78, 5) is 11.9. The van der Waals surface area contributed by atoms with Gasteiger partial charge in [0, 0.05) is 16.2 Å². The number of hydrogen-bond acceptors (Lipinski definition) is 2. The Balaban J connectivity index is 1.90. The minimum atomic E-state index is -0.514. The molecule has 0 heterocycles. The second kappa shape index (κ2) is 7.72. The fraction of sp³-hybridized carbons (Fsp3) is 0.188. The summed E-state index contributed by atoms with van der Waals surface area (Å²) in [5.41, 5.74) is 1.53. The van der Waals surface area contributed by atoms with Gasteiger partial charge in [0.05, 0.1) is 11.6 Å². The predicted molar refractivity (Wildman–Crippen MR) is 90.6 cm³/mol. The fourth-order valence-corrected chi connectivity index (χ4v) is 2.77. The fourth-order valence-electron chi connectivity index (χ4n) is 1.96. The molecule has 1 atom stereocenters. The van der Waals surface area contributed by atoms with Gasteiger partial charge >= 0.3 is 0 Å². The summed E-state index contributed by atoms with van der Waals surface area (Å²) in [5.74, 6) is -0.734. The van der Waals surface area contributed by atoms with Crippen LogP contribution in [-0.4, -0.2) is 12.5 Å². The Bertz CT molecular complexity index is 681. The second-order valence-electron chi connectivity index (χ2n) is 4.80. The van der Waals surface area contributed by atoms with Crippen LogP contribution in [0.3, 0.4) is 0 Å². The highest BCUT2D eigenvalue weighted by atomic mass is 79.9. The number of rotatable bonds is 5. The van der Waals surface area contributed by atoms with Crippen molar-refractivity contribution in [3.8, 4) is 0 Å². The number of amides is 1. The van der Waals surface area contributed by atoms with E-state index in [1.807, 2.05) is 31.2 Å². The molecule has 0 aliphatic heterocycles. The van der Waals surface area contributed by atoms with Crippen molar-refractivity contribution < 1.29 is 9.18 Å². The van der Waals surface area contributed by atoms with Gasteiger partial charge < -0.3 is 10.6 Å². The summed E-state index contributed by atoms with van der Waals surface area (Å²) < 4.78 is 14.0. The lowest BCUT2D eigenvalue weighted by Crippen LogP contribution is -2.30. The molecule has 0 aliphatic carbocycles. The lowest BCUT2D eigenvalue weighted by molar-refractivity contribution is -0.115. The Kier molecular flexibility index (Phi) is 5.94. The monoisotopic (exact) mass is 384 g/mol. The van der Waals surface area contributed by atoms with E-state index in [0.29, 0.717) is 5.69 Å². The van der Waals surface area contributed by atoms with E-state index in [2.05, 4.69) is 26.6 Å². The first-order valence-electron chi connectivity index (χ1n) is 6.70. The first-order valence-corrected chi connectivity index (χ1v) is 7.87. The normalized spacial score (nSPS) is 12.0. The van der Waals surface area contributed by atoms with Crippen LogP contribution in [0.4, 0.5) is 10.1 Å². The molecule has 2 aromatic rings. The van der Waals surface area contributed by atoms with Crippen LogP contribution in [0.2, 0.25) is 5.02 Å². The molecule has 0 aliphatic rings. The van der Waals surface area contributed by atoms with Gasteiger partial charge in [-0.25, -0.2) is 4.39 Å². The van der Waals surface area contributed by atoms with Crippen molar-refractivity contribution in [2.75, 3.05) is 11.9 Å². The molecule has 2 rings (SSSR count). The smallest absolute Gasteiger partial charge is 0.238 e. The van der Waals surface area contributed by atoms with Gasteiger partial charge in [-0.05, 0) is 36.8 Å². The van der Waals surface area contributed by atoms with Gasteiger partial charge in [-0.2, -0.15) is 0 Å². The van der Waals surface area contributed by atoms with Crippen LogP contribution in [-0.2, 0) is 4.79 Å². The number of anilines is 1. The maximum Gasteiger partial charge on any atom is 0.238 e. The van der Waals surface area contributed by atoms with E-state index in [1.54, 1.807) is 0 Å². The van der Waals surface area contributed by atoms with Crippen molar-refractivity contribution in [2.45, 2.75) is 13.0 Å². The van der Waals surface area contributed by atoms with E-state index in [0.717, 1.165) is 10.0 Å². The number of halogens is 3. The van der Waals surface area contributed by atoms with Gasteiger partial charge in [0.25, 0.3) is 0 Å². The van der Waals surface area contributed by atoms with E-state index in [9.17, 15) is 9.18 Å². The summed E-state index contributed by atoms with van der Waals surface area (Å²) in [7, 11) is 0. The largest absolute Gasteiger partial charge is 0.325 e. The predicted octanol–water partition coefficient (Wildman–Crippen LogP) is 4.53. The molecular formula is C16H15BrClFN2O. The summed E-state index contributed by atoms with van der Waals surface area (Å²) >= 11 is 9.16. The van der Waals surface area contributed by atoms with Crippen LogP contribution in [0.1, 0.15) is 18.5 Å². The molecule has 0 saturated heterocycles. The van der Waals surface area contributed by atoms with Crippen LogP contribution in [0.15, 0.2) is 46.9 Å². The van der Waals surface area contributed by atoms with Gasteiger partial charge in [-0.15, -0.1) is 0 Å². The number of carbonyl (C=O) groups is 1. The number of carbonyl (C=O) groups excluding carboxylic acids is 1. The molecule has 116 valence electrons. The number of benzene rings is 2. The highest BCUT2D eigenvalue weighted by Crippen LogP contribution is 2.22.